The number of Topliss-reactive ketones (excluding diaryl/α,β-unsaturated/α-hetero) is 1. The van der Waals surface area contributed by atoms with Gasteiger partial charge in [-0.2, -0.15) is 5.01 Å². The summed E-state index contributed by atoms with van der Waals surface area (Å²) in [5.74, 6) is -1.97. The topological polar surface area (TPSA) is 84.0 Å². The first-order valence-electron chi connectivity index (χ1n) is 11.1. The fourth-order valence-electron chi connectivity index (χ4n) is 5.67. The van der Waals surface area contributed by atoms with Gasteiger partial charge >= 0.3 is 0 Å². The Morgan fingerprint density at radius 3 is 2.18 bits per heavy atom. The van der Waals surface area contributed by atoms with Crippen LogP contribution in [0.15, 0.2) is 42.5 Å². The molecule has 176 valence electrons. The summed E-state index contributed by atoms with van der Waals surface area (Å²) >= 11 is 12.2. The third-order valence-electron chi connectivity index (χ3n) is 7.25. The number of carbonyl (C=O) groups is 4. The summed E-state index contributed by atoms with van der Waals surface area (Å²) in [6, 6.07) is 10.7. The molecule has 1 heterocycles. The average molecular weight is 501 g/mol. The second kappa shape index (κ2) is 8.71. The van der Waals surface area contributed by atoms with Gasteiger partial charge in [-0.05, 0) is 73.6 Å². The van der Waals surface area contributed by atoms with Crippen molar-refractivity contribution in [1.29, 1.82) is 0 Å². The van der Waals surface area contributed by atoms with Crippen LogP contribution in [-0.4, -0.2) is 47.2 Å². The SMILES string of the molecule is COc1ccc(C(=O)CN(C(=O)c2ccc(Cl)cc2Cl)N2C(=O)[C@@H]3[C@H]4CC[C@@H](C4)[C@@H]3C2=O)cc1. The van der Waals surface area contributed by atoms with Gasteiger partial charge in [-0.1, -0.05) is 23.2 Å². The van der Waals surface area contributed by atoms with E-state index in [1.54, 1.807) is 24.3 Å². The van der Waals surface area contributed by atoms with Crippen LogP contribution in [-0.2, 0) is 9.59 Å². The molecule has 4 atom stereocenters. The number of hydrogen-bond acceptors (Lipinski definition) is 5. The Hall–Kier alpha value is -2.90. The van der Waals surface area contributed by atoms with Gasteiger partial charge < -0.3 is 4.74 Å². The molecule has 2 aliphatic carbocycles. The minimum absolute atomic E-state index is 0.0502. The lowest BCUT2D eigenvalue weighted by molar-refractivity contribution is -0.154. The molecule has 2 aromatic rings. The smallest absolute Gasteiger partial charge is 0.274 e. The van der Waals surface area contributed by atoms with Gasteiger partial charge in [0.2, 0.25) is 0 Å². The van der Waals surface area contributed by atoms with Crippen LogP contribution in [0, 0.1) is 23.7 Å². The summed E-state index contributed by atoms with van der Waals surface area (Å²) in [4.78, 5) is 53.6. The number of rotatable bonds is 6. The van der Waals surface area contributed by atoms with Crippen LogP contribution in [0.25, 0.3) is 0 Å². The van der Waals surface area contributed by atoms with Crippen LogP contribution in [0.3, 0.4) is 0 Å². The van der Waals surface area contributed by atoms with E-state index in [1.165, 1.54) is 25.3 Å². The highest BCUT2D eigenvalue weighted by molar-refractivity contribution is 6.36. The second-order valence-corrected chi connectivity index (χ2v) is 9.86. The zero-order valence-electron chi connectivity index (χ0n) is 18.4. The van der Waals surface area contributed by atoms with Gasteiger partial charge in [0.15, 0.2) is 5.78 Å². The van der Waals surface area contributed by atoms with Crippen molar-refractivity contribution in [3.05, 3.63) is 63.6 Å². The quantitative estimate of drug-likeness (QED) is 0.436. The number of carbonyl (C=O) groups excluding carboxylic acids is 4. The van der Waals surface area contributed by atoms with E-state index in [4.69, 9.17) is 27.9 Å². The summed E-state index contributed by atoms with van der Waals surface area (Å²) in [5, 5.41) is 2.25. The molecule has 34 heavy (non-hydrogen) atoms. The van der Waals surface area contributed by atoms with E-state index in [0.29, 0.717) is 16.3 Å². The molecule has 5 rings (SSSR count). The van der Waals surface area contributed by atoms with Crippen LogP contribution >= 0.6 is 23.2 Å². The Kier molecular flexibility index (Phi) is 5.86. The van der Waals surface area contributed by atoms with Crippen LogP contribution < -0.4 is 4.74 Å². The van der Waals surface area contributed by atoms with Crippen molar-refractivity contribution < 1.29 is 23.9 Å². The van der Waals surface area contributed by atoms with Crippen molar-refractivity contribution in [3.63, 3.8) is 0 Å². The Morgan fingerprint density at radius 2 is 1.62 bits per heavy atom. The van der Waals surface area contributed by atoms with Gasteiger partial charge in [-0.3, -0.25) is 19.2 Å². The molecule has 1 aliphatic heterocycles. The Morgan fingerprint density at radius 1 is 1.00 bits per heavy atom. The zero-order chi connectivity index (χ0) is 24.1. The predicted molar refractivity (Wildman–Crippen MR) is 124 cm³/mol. The van der Waals surface area contributed by atoms with Crippen molar-refractivity contribution >= 4 is 46.7 Å². The Bertz CT molecular complexity index is 1170. The van der Waals surface area contributed by atoms with Crippen molar-refractivity contribution in [3.8, 4) is 5.75 Å². The van der Waals surface area contributed by atoms with E-state index in [-0.39, 0.29) is 22.4 Å². The molecule has 3 aliphatic rings. The third-order valence-corrected chi connectivity index (χ3v) is 7.79. The van der Waals surface area contributed by atoms with E-state index in [0.717, 1.165) is 29.3 Å². The molecule has 3 fully saturated rings. The molecule has 0 unspecified atom stereocenters. The number of amides is 3. The molecule has 1 saturated heterocycles. The molecule has 0 radical (unpaired) electrons. The Balaban J connectivity index is 1.50. The predicted octanol–water partition coefficient (Wildman–Crippen LogP) is 4.27. The van der Waals surface area contributed by atoms with Crippen molar-refractivity contribution in [2.24, 2.45) is 23.7 Å². The molecule has 7 nitrogen and oxygen atoms in total. The highest BCUT2D eigenvalue weighted by atomic mass is 35.5. The first-order chi connectivity index (χ1) is 16.3. The van der Waals surface area contributed by atoms with Crippen LogP contribution in [0.1, 0.15) is 40.0 Å². The van der Waals surface area contributed by atoms with Crippen molar-refractivity contribution in [2.75, 3.05) is 13.7 Å². The van der Waals surface area contributed by atoms with Gasteiger partial charge in [0.1, 0.15) is 12.3 Å². The summed E-state index contributed by atoms with van der Waals surface area (Å²) in [5.41, 5.74) is 0.370. The molecule has 9 heteroatoms. The number of nitrogens with zero attached hydrogens (tertiary/aromatic N) is 2. The molecule has 2 saturated carbocycles. The maximum Gasteiger partial charge on any atom is 0.274 e. The number of imide groups is 1. The van der Waals surface area contributed by atoms with Gasteiger partial charge in [0.25, 0.3) is 17.7 Å². The number of hydrazine groups is 1. The first-order valence-corrected chi connectivity index (χ1v) is 11.9. The number of hydrogen-bond donors (Lipinski definition) is 0. The molecule has 0 aromatic heterocycles. The van der Waals surface area contributed by atoms with E-state index in [9.17, 15) is 19.2 Å². The molecule has 2 aromatic carbocycles. The number of fused-ring (bicyclic) bond motifs is 5. The summed E-state index contributed by atoms with van der Waals surface area (Å²) in [6.07, 6.45) is 2.67. The fraction of sp³-hybridized carbons (Fsp3) is 0.360. The molecule has 0 N–H and O–H groups in total. The molecule has 2 bridgehead atoms. The largest absolute Gasteiger partial charge is 0.497 e. The minimum Gasteiger partial charge on any atom is -0.497 e. The van der Waals surface area contributed by atoms with E-state index < -0.39 is 41.9 Å². The standard InChI is InChI=1S/C25H22Cl2N2O5/c1-34-17-7-4-13(5-8-17)20(30)12-28(23(31)18-9-6-16(26)11-19(18)27)29-24(32)21-14-2-3-15(10-14)22(21)25(29)33/h4-9,11,14-15,21-22H,2-3,10,12H2,1H3/t14-,15-,21-,22+/m0/s1. The summed E-state index contributed by atoms with van der Waals surface area (Å²) in [7, 11) is 1.52. The third kappa shape index (κ3) is 3.67. The number of ketones is 1. The summed E-state index contributed by atoms with van der Waals surface area (Å²) < 4.78 is 5.13. The lowest BCUT2D eigenvalue weighted by atomic mass is 9.81. The zero-order valence-corrected chi connectivity index (χ0v) is 19.9. The van der Waals surface area contributed by atoms with Gasteiger partial charge in [-0.25, -0.2) is 5.01 Å². The molecular weight excluding hydrogens is 479 g/mol. The lowest BCUT2D eigenvalue weighted by Crippen LogP contribution is -2.52. The normalized spacial score (nSPS) is 25.0. The highest BCUT2D eigenvalue weighted by Crippen LogP contribution is 2.56. The van der Waals surface area contributed by atoms with Gasteiger partial charge in [0.05, 0.1) is 29.5 Å². The van der Waals surface area contributed by atoms with Crippen LogP contribution in [0.5, 0.6) is 5.75 Å². The first kappa shape index (κ1) is 22.9. The molecule has 3 amide bonds. The van der Waals surface area contributed by atoms with Crippen LogP contribution in [0.2, 0.25) is 10.0 Å². The summed E-state index contributed by atoms with van der Waals surface area (Å²) in [6.45, 7) is -0.490. The van der Waals surface area contributed by atoms with E-state index >= 15 is 0 Å². The molecule has 0 spiro atoms. The average Bonchev–Trinajstić information content (AvgIpc) is 3.51. The number of ether oxygens (including phenoxy) is 1. The number of methoxy groups -OCH3 is 1. The van der Waals surface area contributed by atoms with E-state index in [2.05, 4.69) is 0 Å². The van der Waals surface area contributed by atoms with Crippen LogP contribution in [0.4, 0.5) is 0 Å². The maximum absolute atomic E-state index is 13.6. The lowest BCUT2D eigenvalue weighted by Gasteiger charge is -2.31. The number of benzene rings is 2. The Labute approximate surface area is 206 Å². The minimum atomic E-state index is -0.711. The van der Waals surface area contributed by atoms with Crippen molar-refractivity contribution in [2.45, 2.75) is 19.3 Å². The fourth-order valence-corrected chi connectivity index (χ4v) is 6.16. The van der Waals surface area contributed by atoms with Crippen molar-refractivity contribution in [1.82, 2.24) is 10.0 Å². The highest BCUT2D eigenvalue weighted by Gasteiger charge is 2.62. The second-order valence-electron chi connectivity index (χ2n) is 9.01. The van der Waals surface area contributed by atoms with Gasteiger partial charge in [-0.15, -0.1) is 0 Å². The van der Waals surface area contributed by atoms with E-state index in [1.807, 2.05) is 0 Å². The maximum atomic E-state index is 13.6. The number of halogens is 2. The van der Waals surface area contributed by atoms with Gasteiger partial charge in [0, 0.05) is 10.6 Å². The monoisotopic (exact) mass is 500 g/mol. The molecular formula is C25H22Cl2N2O5.